The van der Waals surface area contributed by atoms with Crippen LogP contribution in [0.5, 0.6) is 11.5 Å². The summed E-state index contributed by atoms with van der Waals surface area (Å²) in [6, 6.07) is 9.91. The van der Waals surface area contributed by atoms with Gasteiger partial charge < -0.3 is 25.0 Å². The monoisotopic (exact) mass is 457 g/mol. The minimum absolute atomic E-state index is 0.0232. The molecule has 7 nitrogen and oxygen atoms in total. The molecule has 3 rings (SSSR count). The normalized spacial score (nSPS) is 18.1. The SMILES string of the molecule is COc1ccc(NC(=O)C2CC(c3ccc(F)c(C)c3)CN(C(=O)NC(C)C)C2)cc1OC. The zero-order chi connectivity index (χ0) is 24.1. The largest absolute Gasteiger partial charge is 0.493 e. The number of amides is 3. The van der Waals surface area contributed by atoms with Crippen LogP contribution in [0.15, 0.2) is 36.4 Å². The van der Waals surface area contributed by atoms with E-state index in [1.165, 1.54) is 13.2 Å². The van der Waals surface area contributed by atoms with Gasteiger partial charge in [-0.25, -0.2) is 9.18 Å². The molecule has 0 aromatic heterocycles. The van der Waals surface area contributed by atoms with E-state index in [2.05, 4.69) is 10.6 Å². The van der Waals surface area contributed by atoms with Crippen LogP contribution in [0.4, 0.5) is 14.9 Å². The maximum absolute atomic E-state index is 13.8. The van der Waals surface area contributed by atoms with Crippen molar-refractivity contribution in [3.63, 3.8) is 0 Å². The van der Waals surface area contributed by atoms with Crippen molar-refractivity contribution in [2.24, 2.45) is 5.92 Å². The van der Waals surface area contributed by atoms with Crippen molar-refractivity contribution in [3.8, 4) is 11.5 Å². The number of halogens is 1. The first kappa shape index (κ1) is 24.4. The van der Waals surface area contributed by atoms with Gasteiger partial charge in [-0.2, -0.15) is 0 Å². The number of hydrogen-bond acceptors (Lipinski definition) is 4. The van der Waals surface area contributed by atoms with E-state index < -0.39 is 5.92 Å². The smallest absolute Gasteiger partial charge is 0.317 e. The molecule has 2 aromatic rings. The molecular weight excluding hydrogens is 425 g/mol. The molecule has 1 saturated heterocycles. The Kier molecular flexibility index (Phi) is 7.79. The topological polar surface area (TPSA) is 79.9 Å². The summed E-state index contributed by atoms with van der Waals surface area (Å²) in [6.07, 6.45) is 0.551. The molecule has 2 atom stereocenters. The van der Waals surface area contributed by atoms with E-state index in [0.717, 1.165) is 5.56 Å². The van der Waals surface area contributed by atoms with Crippen LogP contribution in [0, 0.1) is 18.7 Å². The Labute approximate surface area is 194 Å². The van der Waals surface area contributed by atoms with E-state index in [4.69, 9.17) is 9.47 Å². The first-order valence-electron chi connectivity index (χ1n) is 11.1. The number of urea groups is 1. The second-order valence-electron chi connectivity index (χ2n) is 8.71. The van der Waals surface area contributed by atoms with E-state index in [0.29, 0.717) is 42.3 Å². The minimum atomic E-state index is -0.430. The Balaban J connectivity index is 1.83. The number of methoxy groups -OCH3 is 2. The number of aryl methyl sites for hydroxylation is 1. The molecule has 33 heavy (non-hydrogen) atoms. The van der Waals surface area contributed by atoms with Crippen molar-refractivity contribution in [2.45, 2.75) is 39.2 Å². The van der Waals surface area contributed by atoms with Gasteiger partial charge in [0.05, 0.1) is 20.1 Å². The zero-order valence-corrected chi connectivity index (χ0v) is 19.8. The Morgan fingerprint density at radius 1 is 1.06 bits per heavy atom. The van der Waals surface area contributed by atoms with Gasteiger partial charge in [0, 0.05) is 36.8 Å². The maximum Gasteiger partial charge on any atom is 0.317 e. The van der Waals surface area contributed by atoms with E-state index in [1.54, 1.807) is 49.3 Å². The average Bonchev–Trinajstić information content (AvgIpc) is 2.79. The molecule has 1 heterocycles. The highest BCUT2D eigenvalue weighted by atomic mass is 19.1. The van der Waals surface area contributed by atoms with Crippen molar-refractivity contribution in [3.05, 3.63) is 53.3 Å². The van der Waals surface area contributed by atoms with Gasteiger partial charge in [0.2, 0.25) is 5.91 Å². The lowest BCUT2D eigenvalue weighted by atomic mass is 9.83. The third-order valence-corrected chi connectivity index (χ3v) is 5.83. The van der Waals surface area contributed by atoms with Crippen LogP contribution >= 0.6 is 0 Å². The fourth-order valence-electron chi connectivity index (χ4n) is 4.11. The van der Waals surface area contributed by atoms with Crippen molar-refractivity contribution >= 4 is 17.6 Å². The van der Waals surface area contributed by atoms with Gasteiger partial charge in [-0.3, -0.25) is 4.79 Å². The molecule has 1 fully saturated rings. The molecule has 0 aliphatic carbocycles. The molecule has 0 bridgehead atoms. The molecule has 0 radical (unpaired) electrons. The minimum Gasteiger partial charge on any atom is -0.493 e. The summed E-state index contributed by atoms with van der Waals surface area (Å²) in [5.74, 6) is 0.102. The van der Waals surface area contributed by atoms with Gasteiger partial charge in [-0.05, 0) is 56.5 Å². The van der Waals surface area contributed by atoms with Crippen molar-refractivity contribution < 1.29 is 23.5 Å². The summed E-state index contributed by atoms with van der Waals surface area (Å²) in [5, 5.41) is 5.84. The highest BCUT2D eigenvalue weighted by Crippen LogP contribution is 2.33. The standard InChI is InChI=1S/C25H32FN3O4/c1-15(2)27-25(31)29-13-18(17-6-8-21(26)16(3)10-17)11-19(14-29)24(30)28-20-7-9-22(32-4)23(12-20)33-5/h6-10,12,15,18-19H,11,13-14H2,1-5H3,(H,27,31)(H,28,30). The molecular formula is C25H32FN3O4. The van der Waals surface area contributed by atoms with E-state index >= 15 is 0 Å². The van der Waals surface area contributed by atoms with Crippen LogP contribution in [0.1, 0.15) is 37.3 Å². The number of rotatable bonds is 6. The second-order valence-corrected chi connectivity index (χ2v) is 8.71. The average molecular weight is 458 g/mol. The highest BCUT2D eigenvalue weighted by Gasteiger charge is 2.35. The van der Waals surface area contributed by atoms with Gasteiger partial charge >= 0.3 is 6.03 Å². The zero-order valence-electron chi connectivity index (χ0n) is 19.8. The number of nitrogens with zero attached hydrogens (tertiary/aromatic N) is 1. The Morgan fingerprint density at radius 2 is 1.79 bits per heavy atom. The summed E-state index contributed by atoms with van der Waals surface area (Å²) >= 11 is 0. The number of carbonyl (C=O) groups is 2. The molecule has 0 saturated carbocycles. The molecule has 2 aromatic carbocycles. The van der Waals surface area contributed by atoms with Crippen molar-refractivity contribution in [1.82, 2.24) is 10.2 Å². The van der Waals surface area contributed by atoms with Crippen LogP contribution in [0.2, 0.25) is 0 Å². The second kappa shape index (κ2) is 10.6. The molecule has 2 unspecified atom stereocenters. The summed E-state index contributed by atoms with van der Waals surface area (Å²) in [7, 11) is 3.08. The van der Waals surface area contributed by atoms with Crippen LogP contribution in [-0.2, 0) is 4.79 Å². The molecule has 2 N–H and O–H groups in total. The lowest BCUT2D eigenvalue weighted by Gasteiger charge is -2.38. The number of benzene rings is 2. The predicted molar refractivity (Wildman–Crippen MR) is 125 cm³/mol. The summed E-state index contributed by atoms with van der Waals surface area (Å²) < 4.78 is 24.4. The third kappa shape index (κ3) is 5.94. The number of piperidine rings is 1. The fraction of sp³-hybridized carbons (Fsp3) is 0.440. The van der Waals surface area contributed by atoms with Crippen molar-refractivity contribution in [2.75, 3.05) is 32.6 Å². The van der Waals surface area contributed by atoms with Crippen LogP contribution < -0.4 is 20.1 Å². The van der Waals surface area contributed by atoms with Gasteiger partial charge in [-0.15, -0.1) is 0 Å². The van der Waals surface area contributed by atoms with Crippen molar-refractivity contribution in [1.29, 1.82) is 0 Å². The molecule has 1 aliphatic rings. The van der Waals surface area contributed by atoms with Gasteiger partial charge in [-0.1, -0.05) is 12.1 Å². The predicted octanol–water partition coefficient (Wildman–Crippen LogP) is 4.31. The molecule has 8 heteroatoms. The lowest BCUT2D eigenvalue weighted by Crippen LogP contribution is -2.51. The fourth-order valence-corrected chi connectivity index (χ4v) is 4.11. The molecule has 3 amide bonds. The van der Waals surface area contributed by atoms with Gasteiger partial charge in [0.1, 0.15) is 5.82 Å². The first-order valence-corrected chi connectivity index (χ1v) is 11.1. The van der Waals surface area contributed by atoms with Crippen LogP contribution in [-0.4, -0.2) is 50.2 Å². The third-order valence-electron chi connectivity index (χ3n) is 5.83. The van der Waals surface area contributed by atoms with E-state index in [-0.39, 0.29) is 29.7 Å². The molecule has 1 aliphatic heterocycles. The highest BCUT2D eigenvalue weighted by molar-refractivity contribution is 5.93. The van der Waals surface area contributed by atoms with E-state index in [1.807, 2.05) is 13.8 Å². The van der Waals surface area contributed by atoms with E-state index in [9.17, 15) is 14.0 Å². The van der Waals surface area contributed by atoms with Gasteiger partial charge in [0.25, 0.3) is 0 Å². The summed E-state index contributed by atoms with van der Waals surface area (Å²) in [6.45, 7) is 6.26. The quantitative estimate of drug-likeness (QED) is 0.677. The Bertz CT molecular complexity index is 1010. The lowest BCUT2D eigenvalue weighted by molar-refractivity contribution is -0.121. The van der Waals surface area contributed by atoms with Gasteiger partial charge in [0.15, 0.2) is 11.5 Å². The number of carbonyl (C=O) groups excluding carboxylic acids is 2. The number of anilines is 1. The summed E-state index contributed by atoms with van der Waals surface area (Å²) in [4.78, 5) is 27.7. The summed E-state index contributed by atoms with van der Waals surface area (Å²) in [5.41, 5.74) is 2.04. The number of nitrogens with one attached hydrogen (secondary N) is 2. The number of hydrogen-bond donors (Lipinski definition) is 2. The maximum atomic E-state index is 13.8. The van der Waals surface area contributed by atoms with Crippen LogP contribution in [0.3, 0.4) is 0 Å². The molecule has 178 valence electrons. The number of ether oxygens (including phenoxy) is 2. The number of likely N-dealkylation sites (tertiary alicyclic amines) is 1. The van der Waals surface area contributed by atoms with Crippen LogP contribution in [0.25, 0.3) is 0 Å². The Morgan fingerprint density at radius 3 is 2.42 bits per heavy atom. The molecule has 0 spiro atoms. The Hall–Kier alpha value is -3.29. The first-order chi connectivity index (χ1) is 15.7.